The van der Waals surface area contributed by atoms with Crippen molar-refractivity contribution in [3.8, 4) is 0 Å². The predicted molar refractivity (Wildman–Crippen MR) is 63.6 cm³/mol. The Labute approximate surface area is 107 Å². The van der Waals surface area contributed by atoms with E-state index in [2.05, 4.69) is 0 Å². The van der Waals surface area contributed by atoms with Gasteiger partial charge < -0.3 is 14.2 Å². The quantitative estimate of drug-likeness (QED) is 0.708. The van der Waals surface area contributed by atoms with Gasteiger partial charge in [-0.3, -0.25) is 0 Å². The van der Waals surface area contributed by atoms with Crippen molar-refractivity contribution >= 4 is 10.0 Å². The van der Waals surface area contributed by atoms with E-state index < -0.39 is 15.8 Å². The fourth-order valence-corrected chi connectivity index (χ4v) is 4.79. The van der Waals surface area contributed by atoms with Crippen LogP contribution in [0.5, 0.6) is 0 Å². The third-order valence-corrected chi connectivity index (χ3v) is 6.27. The van der Waals surface area contributed by atoms with Crippen molar-refractivity contribution in [3.63, 3.8) is 0 Å². The van der Waals surface area contributed by atoms with Crippen LogP contribution in [0.3, 0.4) is 0 Å². The van der Waals surface area contributed by atoms with E-state index in [0.29, 0.717) is 58.8 Å². The van der Waals surface area contributed by atoms with Crippen molar-refractivity contribution in [2.24, 2.45) is 0 Å². The minimum absolute atomic E-state index is 0.303. The van der Waals surface area contributed by atoms with Gasteiger partial charge in [-0.25, -0.2) is 8.42 Å². The molecule has 0 bridgehead atoms. The highest BCUT2D eigenvalue weighted by atomic mass is 32.2. The van der Waals surface area contributed by atoms with Gasteiger partial charge in [-0.05, 0) is 12.8 Å². The Morgan fingerprint density at radius 2 is 1.72 bits per heavy atom. The maximum absolute atomic E-state index is 12.5. The zero-order chi connectivity index (χ0) is 12.6. The van der Waals surface area contributed by atoms with E-state index in [1.165, 1.54) is 4.31 Å². The number of rotatable bonds is 2. The molecule has 0 amide bonds. The van der Waals surface area contributed by atoms with E-state index >= 15 is 0 Å². The van der Waals surface area contributed by atoms with Gasteiger partial charge in [0.15, 0.2) is 5.79 Å². The molecule has 0 aromatic rings. The van der Waals surface area contributed by atoms with Gasteiger partial charge in [0.2, 0.25) is 10.0 Å². The molecule has 3 rings (SSSR count). The molecule has 3 heterocycles. The largest absolute Gasteiger partial charge is 0.381 e. The molecule has 3 aliphatic rings. The second-order valence-electron chi connectivity index (χ2n) is 5.05. The molecule has 0 aromatic heterocycles. The van der Waals surface area contributed by atoms with Crippen LogP contribution in [-0.4, -0.2) is 63.3 Å². The Balaban J connectivity index is 1.70. The lowest BCUT2D eigenvalue weighted by molar-refractivity contribution is -0.142. The van der Waals surface area contributed by atoms with E-state index in [0.717, 1.165) is 0 Å². The fourth-order valence-electron chi connectivity index (χ4n) is 2.86. The van der Waals surface area contributed by atoms with Gasteiger partial charge in [0.1, 0.15) is 0 Å². The van der Waals surface area contributed by atoms with Gasteiger partial charge in [0.05, 0.1) is 25.0 Å². The number of sulfonamides is 1. The van der Waals surface area contributed by atoms with Gasteiger partial charge in [-0.1, -0.05) is 0 Å². The summed E-state index contributed by atoms with van der Waals surface area (Å²) >= 11 is 0. The molecule has 0 aromatic carbocycles. The van der Waals surface area contributed by atoms with Crippen LogP contribution in [0.25, 0.3) is 0 Å². The average molecular weight is 277 g/mol. The Morgan fingerprint density at radius 3 is 2.39 bits per heavy atom. The summed E-state index contributed by atoms with van der Waals surface area (Å²) in [6, 6.07) is 0. The number of hydrogen-bond acceptors (Lipinski definition) is 5. The molecular formula is C11H19NO5S. The zero-order valence-corrected chi connectivity index (χ0v) is 11.2. The number of ether oxygens (including phenoxy) is 3. The highest BCUT2D eigenvalue weighted by Gasteiger charge is 2.48. The lowest BCUT2D eigenvalue weighted by atomic mass is 10.2. The Morgan fingerprint density at radius 1 is 1.06 bits per heavy atom. The van der Waals surface area contributed by atoms with E-state index in [1.54, 1.807) is 0 Å². The van der Waals surface area contributed by atoms with Crippen LogP contribution in [0.15, 0.2) is 0 Å². The third kappa shape index (κ3) is 2.18. The molecule has 1 spiro atoms. The molecule has 0 radical (unpaired) electrons. The second kappa shape index (κ2) is 4.72. The molecule has 7 heteroatoms. The fraction of sp³-hybridized carbons (Fsp3) is 1.00. The molecule has 3 saturated heterocycles. The summed E-state index contributed by atoms with van der Waals surface area (Å²) in [6.07, 6.45) is 1.82. The summed E-state index contributed by atoms with van der Waals surface area (Å²) in [5.74, 6) is -0.668. The normalized spacial score (nSPS) is 30.2. The maximum Gasteiger partial charge on any atom is 0.217 e. The first-order valence-electron chi connectivity index (χ1n) is 6.47. The van der Waals surface area contributed by atoms with Crippen LogP contribution < -0.4 is 0 Å². The Kier molecular flexibility index (Phi) is 3.36. The Hall–Kier alpha value is -0.210. The monoisotopic (exact) mass is 277 g/mol. The molecule has 3 aliphatic heterocycles. The SMILES string of the molecule is O=S(=O)(C1CCOCC1)N1CCC2(C1)OCCO2. The highest BCUT2D eigenvalue weighted by Crippen LogP contribution is 2.33. The van der Waals surface area contributed by atoms with Crippen molar-refractivity contribution in [2.45, 2.75) is 30.3 Å². The van der Waals surface area contributed by atoms with E-state index in [1.807, 2.05) is 0 Å². The molecule has 104 valence electrons. The van der Waals surface area contributed by atoms with Crippen LogP contribution in [0.1, 0.15) is 19.3 Å². The van der Waals surface area contributed by atoms with Gasteiger partial charge in [-0.15, -0.1) is 0 Å². The van der Waals surface area contributed by atoms with E-state index in [-0.39, 0.29) is 5.25 Å². The smallest absolute Gasteiger partial charge is 0.217 e. The molecule has 0 unspecified atom stereocenters. The second-order valence-corrected chi connectivity index (χ2v) is 7.26. The Bertz CT molecular complexity index is 398. The van der Waals surface area contributed by atoms with Crippen molar-refractivity contribution < 1.29 is 22.6 Å². The van der Waals surface area contributed by atoms with Gasteiger partial charge >= 0.3 is 0 Å². The summed E-state index contributed by atoms with van der Waals surface area (Å²) in [4.78, 5) is 0. The minimum Gasteiger partial charge on any atom is -0.381 e. The van der Waals surface area contributed by atoms with Gasteiger partial charge in [-0.2, -0.15) is 4.31 Å². The zero-order valence-electron chi connectivity index (χ0n) is 10.3. The molecule has 3 fully saturated rings. The molecule has 6 nitrogen and oxygen atoms in total. The van der Waals surface area contributed by atoms with Crippen LogP contribution in [-0.2, 0) is 24.2 Å². The van der Waals surface area contributed by atoms with Crippen molar-refractivity contribution in [1.82, 2.24) is 4.31 Å². The van der Waals surface area contributed by atoms with E-state index in [4.69, 9.17) is 14.2 Å². The van der Waals surface area contributed by atoms with Gasteiger partial charge in [0.25, 0.3) is 0 Å². The first-order chi connectivity index (χ1) is 8.62. The van der Waals surface area contributed by atoms with E-state index in [9.17, 15) is 8.42 Å². The first kappa shape index (κ1) is 12.8. The third-order valence-electron chi connectivity index (χ3n) is 3.92. The van der Waals surface area contributed by atoms with Crippen LogP contribution in [0.2, 0.25) is 0 Å². The summed E-state index contributed by atoms with van der Waals surface area (Å²) in [6.45, 7) is 3.04. The summed E-state index contributed by atoms with van der Waals surface area (Å²) in [7, 11) is -3.23. The first-order valence-corrected chi connectivity index (χ1v) is 7.97. The summed E-state index contributed by atoms with van der Waals surface area (Å²) < 4.78 is 42.9. The molecule has 0 saturated carbocycles. The average Bonchev–Trinajstić information content (AvgIpc) is 3.02. The predicted octanol–water partition coefficient (Wildman–Crippen LogP) is -0.0560. The maximum atomic E-state index is 12.5. The topological polar surface area (TPSA) is 65.1 Å². The summed E-state index contributed by atoms with van der Waals surface area (Å²) in [5.41, 5.74) is 0. The standard InChI is InChI=1S/C11H19NO5S/c13-18(14,10-1-5-15-6-2-10)12-4-3-11(9-12)16-7-8-17-11/h10H,1-9H2. The molecular weight excluding hydrogens is 258 g/mol. The van der Waals surface area contributed by atoms with Crippen LogP contribution in [0, 0.1) is 0 Å². The molecule has 18 heavy (non-hydrogen) atoms. The minimum atomic E-state index is -3.23. The van der Waals surface area contributed by atoms with Crippen molar-refractivity contribution in [1.29, 1.82) is 0 Å². The number of hydrogen-bond donors (Lipinski definition) is 0. The van der Waals surface area contributed by atoms with Gasteiger partial charge in [0, 0.05) is 26.2 Å². The van der Waals surface area contributed by atoms with Crippen LogP contribution >= 0.6 is 0 Å². The lowest BCUT2D eigenvalue weighted by Gasteiger charge is -2.28. The lowest BCUT2D eigenvalue weighted by Crippen LogP contribution is -2.43. The van der Waals surface area contributed by atoms with Crippen LogP contribution in [0.4, 0.5) is 0 Å². The van der Waals surface area contributed by atoms with Crippen molar-refractivity contribution in [3.05, 3.63) is 0 Å². The number of nitrogens with zero attached hydrogens (tertiary/aromatic N) is 1. The molecule has 0 N–H and O–H groups in total. The summed E-state index contributed by atoms with van der Waals surface area (Å²) in [5, 5.41) is -0.303. The highest BCUT2D eigenvalue weighted by molar-refractivity contribution is 7.89. The van der Waals surface area contributed by atoms with Crippen molar-refractivity contribution in [2.75, 3.05) is 39.5 Å². The molecule has 0 atom stereocenters. The molecule has 0 aliphatic carbocycles.